The quantitative estimate of drug-likeness (QED) is 0.730. The Hall–Kier alpha value is -0.570. The zero-order valence-corrected chi connectivity index (χ0v) is 9.12. The van der Waals surface area contributed by atoms with Crippen LogP contribution in [-0.2, 0) is 4.79 Å². The Bertz CT molecular complexity index is 205. The molecule has 0 unspecified atom stereocenters. The van der Waals surface area contributed by atoms with Gasteiger partial charge in [0.2, 0.25) is 0 Å². The minimum atomic E-state index is -0.688. The highest BCUT2D eigenvalue weighted by Crippen LogP contribution is 2.34. The standard InChI is InChI=1S/C11H21NO2/c1-11(2,10(13)14)7-8-3-5-9(12)6-4-8/h8-9H,3-7,12H2,1-2H3,(H,13,14). The molecule has 3 heteroatoms. The number of rotatable bonds is 3. The van der Waals surface area contributed by atoms with Crippen molar-refractivity contribution in [3.63, 3.8) is 0 Å². The number of carbonyl (C=O) groups is 1. The van der Waals surface area contributed by atoms with Crippen molar-refractivity contribution in [2.45, 2.75) is 52.0 Å². The summed E-state index contributed by atoms with van der Waals surface area (Å²) < 4.78 is 0. The van der Waals surface area contributed by atoms with Crippen molar-refractivity contribution in [1.82, 2.24) is 0 Å². The average molecular weight is 199 g/mol. The van der Waals surface area contributed by atoms with E-state index in [1.807, 2.05) is 13.8 Å². The van der Waals surface area contributed by atoms with Gasteiger partial charge in [-0.25, -0.2) is 0 Å². The maximum atomic E-state index is 10.9. The molecule has 1 rings (SSSR count). The summed E-state index contributed by atoms with van der Waals surface area (Å²) in [6, 6.07) is 0.346. The molecule has 0 saturated heterocycles. The third-order valence-corrected chi connectivity index (χ3v) is 3.27. The third-order valence-electron chi connectivity index (χ3n) is 3.27. The summed E-state index contributed by atoms with van der Waals surface area (Å²) in [5.41, 5.74) is 5.23. The minimum Gasteiger partial charge on any atom is -0.481 e. The lowest BCUT2D eigenvalue weighted by Crippen LogP contribution is -2.31. The van der Waals surface area contributed by atoms with Crippen molar-refractivity contribution in [2.75, 3.05) is 0 Å². The van der Waals surface area contributed by atoms with Gasteiger partial charge in [-0.15, -0.1) is 0 Å². The Kier molecular flexibility index (Phi) is 3.53. The van der Waals surface area contributed by atoms with E-state index in [0.29, 0.717) is 12.0 Å². The van der Waals surface area contributed by atoms with Crippen LogP contribution in [0.2, 0.25) is 0 Å². The van der Waals surface area contributed by atoms with Gasteiger partial charge in [0, 0.05) is 6.04 Å². The largest absolute Gasteiger partial charge is 0.481 e. The molecule has 0 amide bonds. The smallest absolute Gasteiger partial charge is 0.309 e. The van der Waals surface area contributed by atoms with Crippen molar-refractivity contribution < 1.29 is 9.90 Å². The van der Waals surface area contributed by atoms with Gasteiger partial charge >= 0.3 is 5.97 Å². The first-order valence-corrected chi connectivity index (χ1v) is 5.41. The van der Waals surface area contributed by atoms with E-state index in [9.17, 15) is 4.79 Å². The number of nitrogens with two attached hydrogens (primary N) is 1. The molecule has 1 fully saturated rings. The molecule has 3 N–H and O–H groups in total. The van der Waals surface area contributed by atoms with Gasteiger partial charge in [0.1, 0.15) is 0 Å². The van der Waals surface area contributed by atoms with Crippen LogP contribution in [0.15, 0.2) is 0 Å². The molecule has 1 aliphatic rings. The Balaban J connectivity index is 2.41. The number of hydrogen-bond donors (Lipinski definition) is 2. The highest BCUT2D eigenvalue weighted by Gasteiger charge is 2.31. The number of hydrogen-bond acceptors (Lipinski definition) is 2. The van der Waals surface area contributed by atoms with E-state index < -0.39 is 11.4 Å². The zero-order chi connectivity index (χ0) is 10.8. The van der Waals surface area contributed by atoms with Crippen molar-refractivity contribution in [3.05, 3.63) is 0 Å². The molecular weight excluding hydrogens is 178 g/mol. The van der Waals surface area contributed by atoms with Gasteiger partial charge in [0.15, 0.2) is 0 Å². The van der Waals surface area contributed by atoms with Crippen LogP contribution in [-0.4, -0.2) is 17.1 Å². The van der Waals surface area contributed by atoms with Crippen LogP contribution in [0.4, 0.5) is 0 Å². The van der Waals surface area contributed by atoms with E-state index in [0.717, 1.165) is 32.1 Å². The first-order valence-electron chi connectivity index (χ1n) is 5.41. The fraction of sp³-hybridized carbons (Fsp3) is 0.909. The van der Waals surface area contributed by atoms with E-state index in [-0.39, 0.29) is 0 Å². The van der Waals surface area contributed by atoms with Crippen LogP contribution in [0.25, 0.3) is 0 Å². The van der Waals surface area contributed by atoms with Crippen molar-refractivity contribution >= 4 is 5.97 Å². The maximum absolute atomic E-state index is 10.9. The highest BCUT2D eigenvalue weighted by molar-refractivity contribution is 5.73. The normalized spacial score (nSPS) is 28.8. The SMILES string of the molecule is CC(C)(CC1CCC(N)CC1)C(=O)O. The van der Waals surface area contributed by atoms with E-state index in [1.165, 1.54) is 0 Å². The monoisotopic (exact) mass is 199 g/mol. The van der Waals surface area contributed by atoms with Crippen LogP contribution in [0.3, 0.4) is 0 Å². The number of aliphatic carboxylic acids is 1. The van der Waals surface area contributed by atoms with Gasteiger partial charge in [-0.2, -0.15) is 0 Å². The second-order valence-electron chi connectivity index (χ2n) is 5.17. The molecule has 0 atom stereocenters. The summed E-state index contributed by atoms with van der Waals surface area (Å²) in [5.74, 6) is -0.131. The van der Waals surface area contributed by atoms with Crippen LogP contribution in [0.5, 0.6) is 0 Å². The topological polar surface area (TPSA) is 63.3 Å². The van der Waals surface area contributed by atoms with Crippen LogP contribution in [0.1, 0.15) is 46.0 Å². The second kappa shape index (κ2) is 4.30. The minimum absolute atomic E-state index is 0.346. The molecule has 0 aliphatic heterocycles. The second-order valence-corrected chi connectivity index (χ2v) is 5.17. The molecule has 82 valence electrons. The molecular formula is C11H21NO2. The lowest BCUT2D eigenvalue weighted by Gasteiger charge is -2.30. The maximum Gasteiger partial charge on any atom is 0.309 e. The molecule has 1 saturated carbocycles. The van der Waals surface area contributed by atoms with Gasteiger partial charge in [-0.3, -0.25) is 4.79 Å². The molecule has 0 bridgehead atoms. The first-order chi connectivity index (χ1) is 6.42. The molecule has 14 heavy (non-hydrogen) atoms. The molecule has 0 aromatic heterocycles. The highest BCUT2D eigenvalue weighted by atomic mass is 16.4. The van der Waals surface area contributed by atoms with E-state index in [2.05, 4.69) is 0 Å². The number of carboxylic acid groups (broad SMARTS) is 1. The van der Waals surface area contributed by atoms with E-state index >= 15 is 0 Å². The Labute approximate surface area is 85.7 Å². The first kappa shape index (κ1) is 11.5. The summed E-state index contributed by atoms with van der Waals surface area (Å²) in [5, 5.41) is 9.00. The zero-order valence-electron chi connectivity index (χ0n) is 9.12. The van der Waals surface area contributed by atoms with Gasteiger partial charge in [0.25, 0.3) is 0 Å². The summed E-state index contributed by atoms with van der Waals surface area (Å²) in [6.07, 6.45) is 5.09. The molecule has 0 radical (unpaired) electrons. The third kappa shape index (κ3) is 2.98. The Morgan fingerprint density at radius 1 is 1.36 bits per heavy atom. The lowest BCUT2D eigenvalue weighted by atomic mass is 9.75. The fourth-order valence-electron chi connectivity index (χ4n) is 2.20. The molecule has 1 aliphatic carbocycles. The lowest BCUT2D eigenvalue weighted by molar-refractivity contribution is -0.148. The van der Waals surface area contributed by atoms with Crippen molar-refractivity contribution in [1.29, 1.82) is 0 Å². The fourth-order valence-corrected chi connectivity index (χ4v) is 2.20. The number of carboxylic acids is 1. The van der Waals surface area contributed by atoms with Crippen molar-refractivity contribution in [2.24, 2.45) is 17.1 Å². The summed E-state index contributed by atoms with van der Waals surface area (Å²) in [6.45, 7) is 3.62. The van der Waals surface area contributed by atoms with E-state index in [1.54, 1.807) is 0 Å². The molecule has 0 heterocycles. The predicted octanol–water partition coefficient (Wildman–Crippen LogP) is 2.00. The molecule has 3 nitrogen and oxygen atoms in total. The average Bonchev–Trinajstić information content (AvgIpc) is 2.08. The summed E-state index contributed by atoms with van der Waals surface area (Å²) >= 11 is 0. The van der Waals surface area contributed by atoms with Gasteiger partial charge in [-0.1, -0.05) is 0 Å². The van der Waals surface area contributed by atoms with Crippen LogP contribution < -0.4 is 5.73 Å². The summed E-state index contributed by atoms with van der Waals surface area (Å²) in [7, 11) is 0. The van der Waals surface area contributed by atoms with Crippen LogP contribution >= 0.6 is 0 Å². The molecule has 0 aromatic carbocycles. The van der Waals surface area contributed by atoms with Gasteiger partial charge in [-0.05, 0) is 51.9 Å². The Morgan fingerprint density at radius 2 is 1.86 bits per heavy atom. The predicted molar refractivity (Wildman–Crippen MR) is 56.0 cm³/mol. The van der Waals surface area contributed by atoms with Gasteiger partial charge < -0.3 is 10.8 Å². The molecule has 0 aromatic rings. The molecule has 0 spiro atoms. The van der Waals surface area contributed by atoms with Crippen LogP contribution in [0, 0.1) is 11.3 Å². The Morgan fingerprint density at radius 3 is 2.29 bits per heavy atom. The van der Waals surface area contributed by atoms with E-state index in [4.69, 9.17) is 10.8 Å². The van der Waals surface area contributed by atoms with Crippen molar-refractivity contribution in [3.8, 4) is 0 Å². The summed E-state index contributed by atoms with van der Waals surface area (Å²) in [4.78, 5) is 10.9. The van der Waals surface area contributed by atoms with Gasteiger partial charge in [0.05, 0.1) is 5.41 Å².